The standard InChI is InChI=1S/C20H26O5S.C20H24O5S/c2*1-20(2,3)25-19(23)8-7-15(22)18-11-14-10-13(6-5-9-21)16(24-4)12-17(14)26-18/h10-12,21H,5-9H2,1-4H3;9-12H,5-8H2,1-4H3. The van der Waals surface area contributed by atoms with E-state index in [0.717, 1.165) is 43.3 Å². The number of carbonyl (C=O) groups is 5. The summed E-state index contributed by atoms with van der Waals surface area (Å²) in [4.78, 5) is 60.3. The Balaban J connectivity index is 0.000000280. The van der Waals surface area contributed by atoms with Gasteiger partial charge in [0.05, 0.1) is 36.8 Å². The van der Waals surface area contributed by atoms with Gasteiger partial charge in [-0.15, -0.1) is 22.7 Å². The molecule has 4 rings (SSSR count). The molecule has 2 heterocycles. The molecule has 1 N–H and O–H groups in total. The molecule has 282 valence electrons. The Hall–Kier alpha value is -4.13. The fraction of sp³-hybridized carbons (Fsp3) is 0.475. The lowest BCUT2D eigenvalue weighted by Gasteiger charge is -2.19. The van der Waals surface area contributed by atoms with E-state index >= 15 is 0 Å². The first-order chi connectivity index (χ1) is 24.5. The maximum absolute atomic E-state index is 12.4. The van der Waals surface area contributed by atoms with Crippen LogP contribution in [0.1, 0.15) is 111 Å². The molecule has 12 heteroatoms. The highest BCUT2D eigenvalue weighted by atomic mass is 32.1. The summed E-state index contributed by atoms with van der Waals surface area (Å²) in [5, 5.41) is 11.0. The minimum Gasteiger partial charge on any atom is -0.496 e. The average Bonchev–Trinajstić information content (AvgIpc) is 3.69. The van der Waals surface area contributed by atoms with E-state index in [4.69, 9.17) is 24.1 Å². The third-order valence-corrected chi connectivity index (χ3v) is 9.75. The number of benzene rings is 2. The highest BCUT2D eigenvalue weighted by molar-refractivity contribution is 7.21. The molecule has 4 aromatic rings. The zero-order valence-electron chi connectivity index (χ0n) is 31.3. The molecule has 0 bridgehead atoms. The van der Waals surface area contributed by atoms with Crippen LogP contribution in [-0.4, -0.2) is 66.9 Å². The first-order valence-electron chi connectivity index (χ1n) is 17.2. The number of ketones is 2. The smallest absolute Gasteiger partial charge is 0.306 e. The van der Waals surface area contributed by atoms with Crippen molar-refractivity contribution in [3.05, 3.63) is 57.3 Å². The van der Waals surface area contributed by atoms with E-state index < -0.39 is 11.2 Å². The second-order valence-corrected chi connectivity index (χ2v) is 16.3. The SMILES string of the molecule is COc1cc2sc(C(=O)CCC(=O)OC(C)(C)C)cc2cc1CCC=O.COc1cc2sc(C(=O)CCC(=O)OC(C)(C)C)cc2cc1CCCO. The number of carbonyl (C=O) groups excluding carboxylic acids is 5. The summed E-state index contributed by atoms with van der Waals surface area (Å²) in [6.07, 6.45) is 3.68. The van der Waals surface area contributed by atoms with Crippen molar-refractivity contribution in [3.63, 3.8) is 0 Å². The Morgan fingerprint density at radius 3 is 1.44 bits per heavy atom. The number of rotatable bonds is 16. The largest absolute Gasteiger partial charge is 0.496 e. The molecule has 0 saturated carbocycles. The number of thiophene rings is 2. The van der Waals surface area contributed by atoms with Crippen LogP contribution in [0.2, 0.25) is 0 Å². The van der Waals surface area contributed by atoms with E-state index in [-0.39, 0.29) is 55.8 Å². The molecule has 0 amide bonds. The van der Waals surface area contributed by atoms with Crippen molar-refractivity contribution < 1.29 is 48.0 Å². The maximum Gasteiger partial charge on any atom is 0.306 e. The molecule has 0 radical (unpaired) electrons. The van der Waals surface area contributed by atoms with Gasteiger partial charge in [0.15, 0.2) is 11.6 Å². The summed E-state index contributed by atoms with van der Waals surface area (Å²) in [6.45, 7) is 10.9. The number of ether oxygens (including phenoxy) is 4. The van der Waals surface area contributed by atoms with Crippen LogP contribution in [0.5, 0.6) is 11.5 Å². The van der Waals surface area contributed by atoms with Gasteiger partial charge in [-0.3, -0.25) is 19.2 Å². The van der Waals surface area contributed by atoms with Crippen molar-refractivity contribution in [1.29, 1.82) is 0 Å². The van der Waals surface area contributed by atoms with Gasteiger partial charge in [0.2, 0.25) is 0 Å². The number of aliphatic hydroxyl groups excluding tert-OH is 1. The zero-order chi connectivity index (χ0) is 38.6. The lowest BCUT2D eigenvalue weighted by molar-refractivity contribution is -0.155. The van der Waals surface area contributed by atoms with Crippen molar-refractivity contribution in [2.45, 2.75) is 104 Å². The molecular weight excluding hydrogens is 705 g/mol. The monoisotopic (exact) mass is 754 g/mol. The number of aryl methyl sites for hydroxylation is 2. The van der Waals surface area contributed by atoms with Gasteiger partial charge < -0.3 is 28.8 Å². The first kappa shape index (κ1) is 42.3. The van der Waals surface area contributed by atoms with E-state index in [9.17, 15) is 24.0 Å². The molecule has 10 nitrogen and oxygen atoms in total. The van der Waals surface area contributed by atoms with E-state index in [0.29, 0.717) is 41.2 Å². The van der Waals surface area contributed by atoms with Gasteiger partial charge in [0, 0.05) is 35.3 Å². The number of aldehydes is 1. The molecular formula is C40H50O10S2. The third kappa shape index (κ3) is 13.1. The summed E-state index contributed by atoms with van der Waals surface area (Å²) in [6, 6.07) is 11.5. The maximum atomic E-state index is 12.4. The second kappa shape index (κ2) is 19.1. The highest BCUT2D eigenvalue weighted by Gasteiger charge is 2.21. The molecule has 0 atom stereocenters. The van der Waals surface area contributed by atoms with E-state index in [1.807, 2.05) is 36.4 Å². The van der Waals surface area contributed by atoms with Crippen LogP contribution in [0.3, 0.4) is 0 Å². The number of hydrogen-bond acceptors (Lipinski definition) is 12. The Labute approximate surface area is 313 Å². The summed E-state index contributed by atoms with van der Waals surface area (Å²) < 4.78 is 23.2. The zero-order valence-corrected chi connectivity index (χ0v) is 33.0. The lowest BCUT2D eigenvalue weighted by Crippen LogP contribution is -2.24. The number of hydrogen-bond donors (Lipinski definition) is 1. The fourth-order valence-corrected chi connectivity index (χ4v) is 7.30. The molecule has 0 aliphatic carbocycles. The van der Waals surface area contributed by atoms with Gasteiger partial charge >= 0.3 is 11.9 Å². The van der Waals surface area contributed by atoms with Gasteiger partial charge in [-0.05, 0) is 119 Å². The van der Waals surface area contributed by atoms with Gasteiger partial charge in [-0.1, -0.05) is 0 Å². The van der Waals surface area contributed by atoms with Crippen LogP contribution in [-0.2, 0) is 36.7 Å². The van der Waals surface area contributed by atoms with Crippen LogP contribution in [0, 0.1) is 0 Å². The molecule has 0 aliphatic heterocycles. The Kier molecular flexibility index (Phi) is 15.5. The predicted octanol–water partition coefficient (Wildman–Crippen LogP) is 8.49. The topological polar surface area (TPSA) is 143 Å². The second-order valence-electron chi connectivity index (χ2n) is 14.2. The molecule has 0 fully saturated rings. The number of Topliss-reactive ketones (excluding diaryl/α,β-unsaturated/α-hetero) is 2. The Bertz CT molecular complexity index is 1870. The molecule has 0 saturated heterocycles. The van der Waals surface area contributed by atoms with Crippen molar-refractivity contribution in [1.82, 2.24) is 0 Å². The molecule has 52 heavy (non-hydrogen) atoms. The van der Waals surface area contributed by atoms with E-state index in [2.05, 4.69) is 0 Å². The first-order valence-corrected chi connectivity index (χ1v) is 18.9. The number of esters is 2. The number of fused-ring (bicyclic) bond motifs is 2. The average molecular weight is 755 g/mol. The van der Waals surface area contributed by atoms with Gasteiger partial charge in [0.25, 0.3) is 0 Å². The Morgan fingerprint density at radius 1 is 0.654 bits per heavy atom. The predicted molar refractivity (Wildman–Crippen MR) is 205 cm³/mol. The minimum atomic E-state index is -0.549. The normalized spacial score (nSPS) is 11.5. The van der Waals surface area contributed by atoms with Crippen molar-refractivity contribution >= 4 is 72.6 Å². The van der Waals surface area contributed by atoms with Gasteiger partial charge in [0.1, 0.15) is 29.0 Å². The third-order valence-electron chi connectivity index (χ3n) is 7.48. The summed E-state index contributed by atoms with van der Waals surface area (Å²) in [7, 11) is 3.20. The fourth-order valence-electron chi connectivity index (χ4n) is 5.22. The highest BCUT2D eigenvalue weighted by Crippen LogP contribution is 2.35. The molecule has 0 spiro atoms. The van der Waals surface area contributed by atoms with Crippen LogP contribution >= 0.6 is 22.7 Å². The van der Waals surface area contributed by atoms with Crippen LogP contribution < -0.4 is 9.47 Å². The van der Waals surface area contributed by atoms with E-state index in [1.54, 1.807) is 55.8 Å². The molecule has 0 unspecified atom stereocenters. The quantitative estimate of drug-likeness (QED) is 0.0672. The van der Waals surface area contributed by atoms with Crippen molar-refractivity contribution in [2.24, 2.45) is 0 Å². The Morgan fingerprint density at radius 2 is 1.08 bits per heavy atom. The van der Waals surface area contributed by atoms with Crippen LogP contribution in [0.25, 0.3) is 20.2 Å². The molecule has 0 aliphatic rings. The number of aliphatic hydroxyl groups is 1. The van der Waals surface area contributed by atoms with Crippen LogP contribution in [0.15, 0.2) is 36.4 Å². The van der Waals surface area contributed by atoms with E-state index in [1.165, 1.54) is 22.7 Å². The lowest BCUT2D eigenvalue weighted by atomic mass is 10.1. The van der Waals surface area contributed by atoms with Crippen molar-refractivity contribution in [3.8, 4) is 11.5 Å². The summed E-state index contributed by atoms with van der Waals surface area (Å²) in [5.41, 5.74) is 0.864. The molecule has 2 aromatic heterocycles. The van der Waals surface area contributed by atoms with Crippen LogP contribution in [0.4, 0.5) is 0 Å². The van der Waals surface area contributed by atoms with Gasteiger partial charge in [-0.25, -0.2) is 0 Å². The summed E-state index contributed by atoms with van der Waals surface area (Å²) >= 11 is 2.78. The number of methoxy groups -OCH3 is 2. The minimum absolute atomic E-state index is 0.0621. The van der Waals surface area contributed by atoms with Crippen molar-refractivity contribution in [2.75, 3.05) is 20.8 Å². The summed E-state index contributed by atoms with van der Waals surface area (Å²) in [5.74, 6) is 0.609. The van der Waals surface area contributed by atoms with Gasteiger partial charge in [-0.2, -0.15) is 0 Å². The molecule has 2 aromatic carbocycles.